The van der Waals surface area contributed by atoms with Crippen LogP contribution < -0.4 is 0 Å². The maximum absolute atomic E-state index is 2.80. The van der Waals surface area contributed by atoms with Crippen LogP contribution in [-0.2, 0) is 15.9 Å². The van der Waals surface area contributed by atoms with Crippen molar-refractivity contribution in [3.05, 3.63) is 129 Å². The van der Waals surface area contributed by atoms with E-state index < -0.39 is 8.80 Å². The van der Waals surface area contributed by atoms with Crippen molar-refractivity contribution in [3.8, 4) is 22.3 Å². The highest BCUT2D eigenvalue weighted by Crippen LogP contribution is 2.64. The smallest absolute Gasteiger partial charge is 0.0606 e. The summed E-state index contributed by atoms with van der Waals surface area (Å²) >= 11 is 0. The van der Waals surface area contributed by atoms with Crippen LogP contribution in [0.2, 0.25) is 13.1 Å². The summed E-state index contributed by atoms with van der Waals surface area (Å²) in [4.78, 5) is 0. The number of hydrogen-bond acceptors (Lipinski definition) is 0. The molecule has 0 nitrogen and oxygen atoms in total. The number of fused-ring (bicyclic) bond motifs is 2. The molecule has 0 heterocycles. The number of benzene rings is 4. The van der Waals surface area contributed by atoms with Gasteiger partial charge in [-0.3, -0.25) is 0 Å². The zero-order chi connectivity index (χ0) is 41.8. The van der Waals surface area contributed by atoms with Crippen molar-refractivity contribution in [2.45, 2.75) is 180 Å². The van der Waals surface area contributed by atoms with Gasteiger partial charge in [-0.1, -0.05) is 228 Å². The average molecular weight is 800 g/mol. The summed E-state index contributed by atoms with van der Waals surface area (Å²) in [6.45, 7) is 24.4. The standard InChI is InChI=1S/C58H75Si/c1-11-56(33-15-13-16-34-56)39-43-37-50-47(41-25-29-44(30-26-41)54(3,4)5)21-19-23-49(50)53(43)58(59(9)10)46(40-57(12-2)35-17-14-18-36-57)38-51-48(22-20-24-52(51)58)42-27-31-45(32-28-42)55(6,7)8/h19-32,37-38,53H,11-18,33-36,39-40H2,1-10H3. The van der Waals surface area contributed by atoms with E-state index >= 15 is 0 Å². The fourth-order valence-corrected chi connectivity index (χ4v) is 15.1. The van der Waals surface area contributed by atoms with E-state index in [1.165, 1.54) is 134 Å². The summed E-state index contributed by atoms with van der Waals surface area (Å²) in [7, 11) is -0.970. The van der Waals surface area contributed by atoms with Crippen LogP contribution in [-0.4, -0.2) is 8.80 Å². The van der Waals surface area contributed by atoms with E-state index in [2.05, 4.69) is 166 Å². The molecule has 0 spiro atoms. The van der Waals surface area contributed by atoms with Gasteiger partial charge in [-0.15, -0.1) is 0 Å². The molecule has 2 atom stereocenters. The molecule has 0 N–H and O–H groups in total. The van der Waals surface area contributed by atoms with Gasteiger partial charge >= 0.3 is 0 Å². The van der Waals surface area contributed by atoms with Crippen molar-refractivity contribution in [1.29, 1.82) is 0 Å². The number of rotatable bonds is 10. The third-order valence-electron chi connectivity index (χ3n) is 16.3. The van der Waals surface area contributed by atoms with Crippen LogP contribution in [0, 0.1) is 10.8 Å². The number of allylic oxidation sites excluding steroid dienone is 2. The van der Waals surface area contributed by atoms with Crippen LogP contribution >= 0.6 is 0 Å². The molecule has 1 heteroatoms. The van der Waals surface area contributed by atoms with Gasteiger partial charge in [0.15, 0.2) is 0 Å². The first-order valence-electron chi connectivity index (χ1n) is 23.9. The molecule has 311 valence electrons. The van der Waals surface area contributed by atoms with Gasteiger partial charge in [0.25, 0.3) is 0 Å². The van der Waals surface area contributed by atoms with E-state index in [1.807, 2.05) is 0 Å². The minimum absolute atomic E-state index is 0.0314. The molecule has 2 saturated carbocycles. The summed E-state index contributed by atoms with van der Waals surface area (Å²) in [6.07, 6.45) is 24.5. The molecule has 4 aromatic carbocycles. The van der Waals surface area contributed by atoms with Gasteiger partial charge in [0.1, 0.15) is 0 Å². The molecule has 2 unspecified atom stereocenters. The summed E-state index contributed by atoms with van der Waals surface area (Å²) < 4.78 is 0. The predicted octanol–water partition coefficient (Wildman–Crippen LogP) is 17.2. The maximum atomic E-state index is 2.80. The molecule has 8 rings (SSSR count). The van der Waals surface area contributed by atoms with Crippen LogP contribution in [0.15, 0.2) is 96.1 Å². The molecule has 0 bridgehead atoms. The van der Waals surface area contributed by atoms with Crippen molar-refractivity contribution in [3.63, 3.8) is 0 Å². The molecule has 2 fully saturated rings. The van der Waals surface area contributed by atoms with Gasteiger partial charge in [0.05, 0.1) is 8.80 Å². The third kappa shape index (κ3) is 7.63. The lowest BCUT2D eigenvalue weighted by Gasteiger charge is -2.49. The van der Waals surface area contributed by atoms with E-state index in [0.717, 1.165) is 0 Å². The van der Waals surface area contributed by atoms with Crippen molar-refractivity contribution in [2.75, 3.05) is 0 Å². The van der Waals surface area contributed by atoms with Gasteiger partial charge in [0.2, 0.25) is 0 Å². The molecule has 59 heavy (non-hydrogen) atoms. The Labute approximate surface area is 362 Å². The molecular weight excluding hydrogens is 725 g/mol. The van der Waals surface area contributed by atoms with Gasteiger partial charge in [-0.05, 0) is 116 Å². The Kier molecular flexibility index (Phi) is 11.6. The Morgan fingerprint density at radius 1 is 0.542 bits per heavy atom. The fraction of sp³-hybridized carbons (Fsp3) is 0.517. The molecule has 4 aromatic rings. The highest BCUT2D eigenvalue weighted by molar-refractivity contribution is 6.61. The van der Waals surface area contributed by atoms with Crippen molar-refractivity contribution >= 4 is 20.9 Å². The van der Waals surface area contributed by atoms with Gasteiger partial charge in [-0.25, -0.2) is 0 Å². The largest absolute Gasteiger partial charge is 0.0702 e. The topological polar surface area (TPSA) is 0 Å². The van der Waals surface area contributed by atoms with Crippen molar-refractivity contribution in [1.82, 2.24) is 0 Å². The Morgan fingerprint density at radius 3 is 1.49 bits per heavy atom. The first kappa shape index (κ1) is 42.3. The lowest BCUT2D eigenvalue weighted by molar-refractivity contribution is 0.170. The predicted molar refractivity (Wildman–Crippen MR) is 260 cm³/mol. The molecule has 0 aromatic heterocycles. The molecule has 4 aliphatic carbocycles. The van der Waals surface area contributed by atoms with E-state index in [4.69, 9.17) is 0 Å². The molecule has 0 aliphatic heterocycles. The maximum Gasteiger partial charge on any atom is 0.0606 e. The highest BCUT2D eigenvalue weighted by Gasteiger charge is 2.56. The van der Waals surface area contributed by atoms with Crippen molar-refractivity contribution in [2.24, 2.45) is 10.8 Å². The minimum Gasteiger partial charge on any atom is -0.0702 e. The monoisotopic (exact) mass is 800 g/mol. The van der Waals surface area contributed by atoms with Gasteiger partial charge in [0, 0.05) is 11.0 Å². The zero-order valence-corrected chi connectivity index (χ0v) is 39.7. The first-order chi connectivity index (χ1) is 28.1. The summed E-state index contributed by atoms with van der Waals surface area (Å²) in [6, 6.07) is 34.1. The molecular formula is C58H75Si. The Hall–Kier alpha value is -3.42. The summed E-state index contributed by atoms with van der Waals surface area (Å²) in [5.41, 5.74) is 19.2. The second kappa shape index (κ2) is 16.1. The SMILES string of the molecule is CCC1(CC2=Cc3c(-c4ccc(C(C)(C)C)cc4)cccc3C2C2([Si](C)C)C(CC3(CC)CCCCC3)=Cc3c(-c4ccc(C(C)(C)C)cc4)cccc32)CCCCC1. The van der Waals surface area contributed by atoms with Gasteiger partial charge < -0.3 is 0 Å². The second-order valence-electron chi connectivity index (χ2n) is 22.0. The number of hydrogen-bond donors (Lipinski definition) is 0. The summed E-state index contributed by atoms with van der Waals surface area (Å²) in [5.74, 6) is 0.351. The average Bonchev–Trinajstić information content (AvgIpc) is 3.75. The Balaban J connectivity index is 1.37. The molecule has 1 radical (unpaired) electrons. The van der Waals surface area contributed by atoms with E-state index in [9.17, 15) is 0 Å². The van der Waals surface area contributed by atoms with E-state index in [0.29, 0.717) is 16.7 Å². The fourth-order valence-electron chi connectivity index (χ4n) is 12.6. The summed E-state index contributed by atoms with van der Waals surface area (Å²) in [5, 5.41) is -0.0314. The highest BCUT2D eigenvalue weighted by atomic mass is 28.3. The second-order valence-corrected chi connectivity index (χ2v) is 24.8. The van der Waals surface area contributed by atoms with E-state index in [-0.39, 0.29) is 15.9 Å². The third-order valence-corrected chi connectivity index (χ3v) is 18.8. The van der Waals surface area contributed by atoms with Crippen LogP contribution in [0.5, 0.6) is 0 Å². The zero-order valence-electron chi connectivity index (χ0n) is 38.7. The first-order valence-corrected chi connectivity index (χ1v) is 26.4. The lowest BCUT2D eigenvalue weighted by atomic mass is 9.63. The Morgan fingerprint density at radius 2 is 1.02 bits per heavy atom. The van der Waals surface area contributed by atoms with Crippen LogP contribution in [0.1, 0.15) is 185 Å². The van der Waals surface area contributed by atoms with E-state index in [1.54, 1.807) is 22.3 Å². The molecule has 4 aliphatic rings. The van der Waals surface area contributed by atoms with Gasteiger partial charge in [-0.2, -0.15) is 0 Å². The minimum atomic E-state index is -0.970. The normalized spacial score (nSPS) is 22.5. The molecule has 0 saturated heterocycles. The Bertz CT molecular complexity index is 2180. The lowest BCUT2D eigenvalue weighted by Crippen LogP contribution is -2.47. The van der Waals surface area contributed by atoms with Crippen LogP contribution in [0.4, 0.5) is 0 Å². The quantitative estimate of drug-likeness (QED) is 0.140. The van der Waals surface area contributed by atoms with Crippen LogP contribution in [0.3, 0.4) is 0 Å². The molecule has 0 amide bonds. The van der Waals surface area contributed by atoms with Crippen molar-refractivity contribution < 1.29 is 0 Å². The van der Waals surface area contributed by atoms with Crippen LogP contribution in [0.25, 0.3) is 34.4 Å².